The molecule has 2 heterocycles. The Kier molecular flexibility index (Phi) is 5.42. The molecule has 2 atom stereocenters. The summed E-state index contributed by atoms with van der Waals surface area (Å²) >= 11 is 13.5. The van der Waals surface area contributed by atoms with Crippen molar-refractivity contribution < 1.29 is 4.79 Å². The lowest BCUT2D eigenvalue weighted by Crippen LogP contribution is -2.37. The fraction of sp³-hybridized carbons (Fsp3) is 0.316. The number of amides is 1. The van der Waals surface area contributed by atoms with Gasteiger partial charge >= 0.3 is 0 Å². The molecule has 0 saturated carbocycles. The molecule has 0 aliphatic heterocycles. The van der Waals surface area contributed by atoms with Crippen molar-refractivity contribution >= 4 is 50.7 Å². The van der Waals surface area contributed by atoms with Gasteiger partial charge in [-0.1, -0.05) is 68.2 Å². The zero-order valence-electron chi connectivity index (χ0n) is 14.3. The second kappa shape index (κ2) is 7.40. The molecule has 0 radical (unpaired) electrons. The van der Waals surface area contributed by atoms with E-state index >= 15 is 0 Å². The van der Waals surface area contributed by atoms with Crippen molar-refractivity contribution in [1.82, 2.24) is 10.3 Å². The number of thiophene rings is 1. The summed E-state index contributed by atoms with van der Waals surface area (Å²) in [4.78, 5) is 15.6. The van der Waals surface area contributed by atoms with Crippen LogP contribution < -0.4 is 5.32 Å². The van der Waals surface area contributed by atoms with Gasteiger partial charge < -0.3 is 10.3 Å². The van der Waals surface area contributed by atoms with E-state index in [9.17, 15) is 4.79 Å². The van der Waals surface area contributed by atoms with E-state index in [0.29, 0.717) is 21.0 Å². The smallest absolute Gasteiger partial charge is 0.268 e. The van der Waals surface area contributed by atoms with Crippen molar-refractivity contribution in [3.8, 4) is 0 Å². The molecule has 0 bridgehead atoms. The monoisotopic (exact) mass is 394 g/mol. The van der Waals surface area contributed by atoms with Crippen LogP contribution in [-0.4, -0.2) is 16.9 Å². The van der Waals surface area contributed by atoms with Gasteiger partial charge in [-0.2, -0.15) is 0 Å². The summed E-state index contributed by atoms with van der Waals surface area (Å²) in [5.74, 6) is 0.203. The molecule has 3 nitrogen and oxygen atoms in total. The van der Waals surface area contributed by atoms with Gasteiger partial charge in [0.25, 0.3) is 5.91 Å². The molecule has 1 aliphatic rings. The van der Waals surface area contributed by atoms with Crippen LogP contribution in [0.5, 0.6) is 0 Å². The first-order valence-corrected chi connectivity index (χ1v) is 9.97. The molecule has 3 aromatic rings. The molecule has 1 aliphatic carbocycles. The van der Waals surface area contributed by atoms with Crippen LogP contribution in [0, 0.1) is 0 Å². The maximum atomic E-state index is 12.5. The van der Waals surface area contributed by atoms with E-state index in [1.807, 2.05) is 26.0 Å². The fourth-order valence-electron chi connectivity index (χ4n) is 3.26. The summed E-state index contributed by atoms with van der Waals surface area (Å²) in [6.45, 7) is 6.15. The van der Waals surface area contributed by atoms with Gasteiger partial charge in [0.05, 0.1) is 15.2 Å². The number of carbonyl (C=O) groups is 1. The topological polar surface area (TPSA) is 44.9 Å². The van der Waals surface area contributed by atoms with E-state index in [4.69, 9.17) is 23.2 Å². The Morgan fingerprint density at radius 3 is 2.68 bits per heavy atom. The second-order valence-electron chi connectivity index (χ2n) is 5.88. The molecule has 0 saturated heterocycles. The van der Waals surface area contributed by atoms with Crippen molar-refractivity contribution in [2.75, 3.05) is 0 Å². The minimum Gasteiger partial charge on any atom is -0.349 e. The second-order valence-corrected chi connectivity index (χ2v) is 7.92. The number of aromatic nitrogens is 1. The lowest BCUT2D eigenvalue weighted by molar-refractivity contribution is 0.0930. The highest BCUT2D eigenvalue weighted by molar-refractivity contribution is 7.23. The number of aromatic amines is 1. The molecule has 0 spiro atoms. The summed E-state index contributed by atoms with van der Waals surface area (Å²) in [5, 5.41) is 3.61. The molecule has 1 amide bonds. The number of fused-ring (bicyclic) bond motifs is 2. The van der Waals surface area contributed by atoms with Crippen LogP contribution in [-0.2, 0) is 6.42 Å². The van der Waals surface area contributed by atoms with Crippen molar-refractivity contribution in [1.29, 1.82) is 0 Å². The lowest BCUT2D eigenvalue weighted by atomic mass is 10.0. The quantitative estimate of drug-likeness (QED) is 0.548. The Hall–Kier alpha value is -1.49. The van der Waals surface area contributed by atoms with Crippen LogP contribution in [0.4, 0.5) is 0 Å². The van der Waals surface area contributed by atoms with E-state index in [1.165, 1.54) is 22.5 Å². The van der Waals surface area contributed by atoms with Crippen molar-refractivity contribution in [3.05, 3.63) is 56.5 Å². The highest BCUT2D eigenvalue weighted by Crippen LogP contribution is 2.39. The van der Waals surface area contributed by atoms with Gasteiger partial charge in [-0.3, -0.25) is 4.79 Å². The molecule has 0 fully saturated rings. The van der Waals surface area contributed by atoms with Crippen LogP contribution in [0.3, 0.4) is 0 Å². The molecule has 2 N–H and O–H groups in total. The summed E-state index contributed by atoms with van der Waals surface area (Å²) in [5.41, 5.74) is 3.88. The minimum atomic E-state index is -0.106. The van der Waals surface area contributed by atoms with Crippen LogP contribution in [0.25, 0.3) is 10.2 Å². The standard InChI is InChI=1S/C17H14Cl2N2OS.C2H6/c1-8-10-5-3-2-4-9(10)6-11(8)21-17(22)12-7-13-15(20-12)14(18)16(19)23-13;1-2/h2-5,7-8,11,20H,6H2,1H3,(H,21,22);1-2H3. The molecular weight excluding hydrogens is 375 g/mol. The first kappa shape index (κ1) is 18.3. The van der Waals surface area contributed by atoms with Gasteiger partial charge in [-0.25, -0.2) is 0 Å². The molecule has 4 rings (SSSR count). The Balaban J connectivity index is 0.000000880. The molecule has 2 aromatic heterocycles. The first-order valence-electron chi connectivity index (χ1n) is 8.39. The number of hydrogen-bond donors (Lipinski definition) is 2. The number of carbonyl (C=O) groups excluding carboxylic acids is 1. The lowest BCUT2D eigenvalue weighted by Gasteiger charge is -2.17. The van der Waals surface area contributed by atoms with E-state index < -0.39 is 0 Å². The first-order chi connectivity index (χ1) is 12.0. The Morgan fingerprint density at radius 1 is 1.28 bits per heavy atom. The Bertz CT molecular complexity index is 915. The van der Waals surface area contributed by atoms with Gasteiger partial charge in [-0.15, -0.1) is 11.3 Å². The molecule has 25 heavy (non-hydrogen) atoms. The van der Waals surface area contributed by atoms with Crippen LogP contribution in [0.1, 0.15) is 48.3 Å². The normalized spacial score (nSPS) is 18.6. The van der Waals surface area contributed by atoms with Crippen LogP contribution >= 0.6 is 34.5 Å². The number of H-pyrrole nitrogens is 1. The molecule has 2 unspecified atom stereocenters. The average Bonchev–Trinajstić information content (AvgIpc) is 3.25. The number of halogens is 2. The third-order valence-electron chi connectivity index (χ3n) is 4.52. The highest BCUT2D eigenvalue weighted by Gasteiger charge is 2.30. The third kappa shape index (κ3) is 3.31. The third-order valence-corrected chi connectivity index (χ3v) is 6.46. The van der Waals surface area contributed by atoms with Crippen LogP contribution in [0.15, 0.2) is 30.3 Å². The summed E-state index contributed by atoms with van der Waals surface area (Å²) in [6, 6.07) is 10.3. The zero-order chi connectivity index (χ0) is 18.1. The van der Waals surface area contributed by atoms with Crippen molar-refractivity contribution in [3.63, 3.8) is 0 Å². The van der Waals surface area contributed by atoms with Gasteiger partial charge in [0, 0.05) is 12.0 Å². The Labute approximate surface area is 161 Å². The molecular formula is C19H20Cl2N2OS. The molecule has 132 valence electrons. The van der Waals surface area contributed by atoms with E-state index in [0.717, 1.165) is 16.6 Å². The van der Waals surface area contributed by atoms with Crippen LogP contribution in [0.2, 0.25) is 9.36 Å². The van der Waals surface area contributed by atoms with Gasteiger partial charge in [0.1, 0.15) is 10.0 Å². The summed E-state index contributed by atoms with van der Waals surface area (Å²) < 4.78 is 1.44. The van der Waals surface area contributed by atoms with Gasteiger partial charge in [-0.05, 0) is 23.6 Å². The minimum absolute atomic E-state index is 0.106. The molecule has 6 heteroatoms. The highest BCUT2D eigenvalue weighted by atomic mass is 35.5. The predicted molar refractivity (Wildman–Crippen MR) is 107 cm³/mol. The maximum Gasteiger partial charge on any atom is 0.268 e. The predicted octanol–water partition coefficient (Wildman–Crippen LogP) is 6.02. The largest absolute Gasteiger partial charge is 0.349 e. The van der Waals surface area contributed by atoms with Gasteiger partial charge in [0.15, 0.2) is 0 Å². The van der Waals surface area contributed by atoms with Gasteiger partial charge in [0.2, 0.25) is 0 Å². The van der Waals surface area contributed by atoms with E-state index in [-0.39, 0.29) is 11.9 Å². The van der Waals surface area contributed by atoms with E-state index in [2.05, 4.69) is 29.4 Å². The summed E-state index contributed by atoms with van der Waals surface area (Å²) in [6.07, 6.45) is 0.866. The fourth-order valence-corrected chi connectivity index (χ4v) is 4.74. The number of rotatable bonds is 2. The maximum absolute atomic E-state index is 12.5. The number of hydrogen-bond acceptors (Lipinski definition) is 2. The van der Waals surface area contributed by atoms with Crippen molar-refractivity contribution in [2.24, 2.45) is 0 Å². The zero-order valence-corrected chi connectivity index (χ0v) is 16.6. The van der Waals surface area contributed by atoms with Crippen molar-refractivity contribution in [2.45, 2.75) is 39.2 Å². The van der Waals surface area contributed by atoms with E-state index in [1.54, 1.807) is 6.07 Å². The average molecular weight is 395 g/mol. The number of nitrogens with one attached hydrogen (secondary N) is 2. The SMILES string of the molecule is CC.CC1c2ccccc2CC1NC(=O)c1cc2sc(Cl)c(Cl)c2[nH]1. The molecule has 1 aromatic carbocycles. The summed E-state index contributed by atoms with van der Waals surface area (Å²) in [7, 11) is 0. The Morgan fingerprint density at radius 2 is 2.00 bits per heavy atom. The number of benzene rings is 1.